The number of nitrogens with one attached hydrogen (secondary N) is 2. The van der Waals surface area contributed by atoms with Gasteiger partial charge in [-0.05, 0) is 44.0 Å². The number of hydrogen-bond donors (Lipinski definition) is 2. The largest absolute Gasteiger partial charge is 0.353 e. The molecule has 0 spiro atoms. The normalized spacial score (nSPS) is 15.1. The minimum Gasteiger partial charge on any atom is -0.353 e. The Hall–Kier alpha value is -2.35. The molecule has 6 nitrogen and oxygen atoms in total. The average molecular weight is 376 g/mol. The Labute approximate surface area is 155 Å². The van der Waals surface area contributed by atoms with Gasteiger partial charge in [0.1, 0.15) is 5.82 Å². The third-order valence-corrected chi connectivity index (χ3v) is 5.21. The van der Waals surface area contributed by atoms with E-state index in [1.165, 1.54) is 30.0 Å². The molecule has 2 N–H and O–H groups in total. The summed E-state index contributed by atoms with van der Waals surface area (Å²) in [7, 11) is 0. The maximum atomic E-state index is 12.9. The molecule has 1 aromatic carbocycles. The summed E-state index contributed by atoms with van der Waals surface area (Å²) >= 11 is 1.39. The summed E-state index contributed by atoms with van der Waals surface area (Å²) in [5.74, 6) is 0.583. The van der Waals surface area contributed by atoms with Crippen LogP contribution < -0.4 is 15.8 Å². The quantitative estimate of drug-likeness (QED) is 0.782. The van der Waals surface area contributed by atoms with E-state index < -0.39 is 0 Å². The van der Waals surface area contributed by atoms with Crippen LogP contribution in [0.1, 0.15) is 18.5 Å². The van der Waals surface area contributed by atoms with Crippen LogP contribution in [0.2, 0.25) is 0 Å². The summed E-state index contributed by atoms with van der Waals surface area (Å²) in [6.45, 7) is 3.25. The van der Waals surface area contributed by atoms with Gasteiger partial charge in [0.15, 0.2) is 0 Å². The third kappa shape index (κ3) is 5.08. The van der Waals surface area contributed by atoms with Gasteiger partial charge >= 0.3 is 0 Å². The molecule has 1 amide bonds. The predicted molar refractivity (Wildman–Crippen MR) is 100 cm³/mol. The molecule has 0 bridgehead atoms. The number of carbonyl (C=O) groups is 1. The van der Waals surface area contributed by atoms with Crippen molar-refractivity contribution >= 4 is 23.6 Å². The Morgan fingerprint density at radius 2 is 2.04 bits per heavy atom. The molecule has 1 aromatic heterocycles. The first-order valence-electron chi connectivity index (χ1n) is 8.50. The molecule has 3 rings (SSSR count). The Balaban J connectivity index is 1.45. The van der Waals surface area contributed by atoms with Crippen LogP contribution in [0.5, 0.6) is 0 Å². The fourth-order valence-corrected chi connectivity index (χ4v) is 3.61. The third-order valence-electron chi connectivity index (χ3n) is 4.20. The number of nitrogens with zero attached hydrogens (tertiary/aromatic N) is 2. The number of H-pyrrole nitrogens is 1. The van der Waals surface area contributed by atoms with E-state index in [2.05, 4.69) is 15.3 Å². The number of piperidine rings is 1. The van der Waals surface area contributed by atoms with Crippen LogP contribution in [0, 0.1) is 12.7 Å². The van der Waals surface area contributed by atoms with Gasteiger partial charge in [0.2, 0.25) is 11.9 Å². The molecule has 0 saturated carbocycles. The van der Waals surface area contributed by atoms with Crippen molar-refractivity contribution in [1.29, 1.82) is 0 Å². The Bertz CT molecular complexity index is 817. The van der Waals surface area contributed by atoms with E-state index in [4.69, 9.17) is 0 Å². The van der Waals surface area contributed by atoms with E-state index >= 15 is 0 Å². The van der Waals surface area contributed by atoms with Gasteiger partial charge in [-0.3, -0.25) is 14.6 Å². The average Bonchev–Trinajstić information content (AvgIpc) is 2.61. The summed E-state index contributed by atoms with van der Waals surface area (Å²) in [4.78, 5) is 33.7. The van der Waals surface area contributed by atoms with Crippen molar-refractivity contribution < 1.29 is 9.18 Å². The van der Waals surface area contributed by atoms with E-state index in [0.29, 0.717) is 17.4 Å². The van der Waals surface area contributed by atoms with Crippen molar-refractivity contribution in [3.05, 3.63) is 52.2 Å². The zero-order valence-electron chi connectivity index (χ0n) is 14.5. The van der Waals surface area contributed by atoms with Crippen LogP contribution >= 0.6 is 11.8 Å². The van der Waals surface area contributed by atoms with E-state index in [9.17, 15) is 14.0 Å². The molecule has 1 saturated heterocycles. The van der Waals surface area contributed by atoms with Crippen LogP contribution in [-0.2, 0) is 4.79 Å². The number of anilines is 1. The number of benzene rings is 1. The van der Waals surface area contributed by atoms with Gasteiger partial charge in [-0.2, -0.15) is 0 Å². The summed E-state index contributed by atoms with van der Waals surface area (Å²) < 4.78 is 12.9. The van der Waals surface area contributed by atoms with Crippen molar-refractivity contribution in [2.24, 2.45) is 0 Å². The minimum absolute atomic E-state index is 0.0279. The molecule has 0 unspecified atom stereocenters. The second kappa shape index (κ2) is 8.35. The number of carbonyl (C=O) groups excluding carboxylic acids is 1. The maximum absolute atomic E-state index is 12.9. The highest BCUT2D eigenvalue weighted by molar-refractivity contribution is 8.00. The van der Waals surface area contributed by atoms with E-state index in [1.54, 1.807) is 19.1 Å². The molecule has 138 valence electrons. The molecule has 26 heavy (non-hydrogen) atoms. The molecule has 0 aliphatic carbocycles. The molecular weight excluding hydrogens is 355 g/mol. The van der Waals surface area contributed by atoms with E-state index in [1.807, 2.05) is 4.90 Å². The fraction of sp³-hybridized carbons (Fsp3) is 0.389. The molecular formula is C18H21FN4O2S. The fourth-order valence-electron chi connectivity index (χ4n) is 2.90. The van der Waals surface area contributed by atoms with Gasteiger partial charge < -0.3 is 10.2 Å². The highest BCUT2D eigenvalue weighted by Crippen LogP contribution is 2.19. The first kappa shape index (κ1) is 18.4. The van der Waals surface area contributed by atoms with Gasteiger partial charge in [0.25, 0.3) is 5.56 Å². The van der Waals surface area contributed by atoms with Gasteiger partial charge in [0, 0.05) is 35.8 Å². The number of amides is 1. The van der Waals surface area contributed by atoms with Gasteiger partial charge in [0.05, 0.1) is 5.75 Å². The van der Waals surface area contributed by atoms with Gasteiger partial charge in [-0.15, -0.1) is 11.8 Å². The highest BCUT2D eigenvalue weighted by Gasteiger charge is 2.22. The lowest BCUT2D eigenvalue weighted by molar-refractivity contribution is -0.119. The Morgan fingerprint density at radius 3 is 2.69 bits per heavy atom. The lowest BCUT2D eigenvalue weighted by Gasteiger charge is -2.32. The number of rotatable bonds is 5. The van der Waals surface area contributed by atoms with Crippen molar-refractivity contribution in [2.75, 3.05) is 23.7 Å². The number of halogens is 1. The standard InChI is InChI=1S/C18H21FN4O2S/c1-12-10-16(24)22-18(20-12)23-8-6-14(7-9-23)21-17(25)11-26-15-4-2-13(19)3-5-15/h2-5,10,14H,6-9,11H2,1H3,(H,21,25)(H,20,22,24). The van der Waals surface area contributed by atoms with Crippen LogP contribution in [-0.4, -0.2) is 40.8 Å². The van der Waals surface area contributed by atoms with Crippen molar-refractivity contribution in [3.8, 4) is 0 Å². The number of aromatic amines is 1. The van der Waals surface area contributed by atoms with Crippen LogP contribution in [0.25, 0.3) is 0 Å². The summed E-state index contributed by atoms with van der Waals surface area (Å²) in [6.07, 6.45) is 1.59. The number of aryl methyl sites for hydroxylation is 1. The SMILES string of the molecule is Cc1cc(=O)[nH]c(N2CCC(NC(=O)CSc3ccc(F)cc3)CC2)n1. The summed E-state index contributed by atoms with van der Waals surface area (Å²) in [5.41, 5.74) is 0.540. The lowest BCUT2D eigenvalue weighted by Crippen LogP contribution is -2.46. The maximum Gasteiger partial charge on any atom is 0.252 e. The van der Waals surface area contributed by atoms with Crippen molar-refractivity contribution in [2.45, 2.75) is 30.7 Å². The summed E-state index contributed by atoms with van der Waals surface area (Å²) in [5, 5.41) is 3.04. The number of aromatic nitrogens is 2. The molecule has 2 aromatic rings. The Morgan fingerprint density at radius 1 is 1.35 bits per heavy atom. The lowest BCUT2D eigenvalue weighted by atomic mass is 10.1. The van der Waals surface area contributed by atoms with Gasteiger partial charge in [-0.25, -0.2) is 9.37 Å². The molecule has 0 atom stereocenters. The number of hydrogen-bond acceptors (Lipinski definition) is 5. The zero-order chi connectivity index (χ0) is 18.5. The van der Waals surface area contributed by atoms with Gasteiger partial charge in [-0.1, -0.05) is 0 Å². The number of thioether (sulfide) groups is 1. The molecule has 1 aliphatic rings. The molecule has 2 heterocycles. The Kier molecular flexibility index (Phi) is 5.92. The molecule has 8 heteroatoms. The first-order valence-corrected chi connectivity index (χ1v) is 9.49. The van der Waals surface area contributed by atoms with Crippen LogP contribution in [0.3, 0.4) is 0 Å². The predicted octanol–water partition coefficient (Wildman–Crippen LogP) is 2.09. The summed E-state index contributed by atoms with van der Waals surface area (Å²) in [6, 6.07) is 7.70. The second-order valence-corrected chi connectivity index (χ2v) is 7.33. The molecule has 0 radical (unpaired) electrons. The first-order chi connectivity index (χ1) is 12.5. The molecule has 1 aliphatic heterocycles. The monoisotopic (exact) mass is 376 g/mol. The van der Waals surface area contributed by atoms with Crippen LogP contribution in [0.4, 0.5) is 10.3 Å². The topological polar surface area (TPSA) is 78.1 Å². The molecule has 1 fully saturated rings. The smallest absolute Gasteiger partial charge is 0.252 e. The van der Waals surface area contributed by atoms with E-state index in [-0.39, 0.29) is 23.3 Å². The van der Waals surface area contributed by atoms with Crippen molar-refractivity contribution in [3.63, 3.8) is 0 Å². The highest BCUT2D eigenvalue weighted by atomic mass is 32.2. The zero-order valence-corrected chi connectivity index (χ0v) is 15.3. The van der Waals surface area contributed by atoms with E-state index in [0.717, 1.165) is 30.8 Å². The van der Waals surface area contributed by atoms with Crippen molar-refractivity contribution in [1.82, 2.24) is 15.3 Å². The second-order valence-electron chi connectivity index (χ2n) is 6.28. The minimum atomic E-state index is -0.282. The van der Waals surface area contributed by atoms with Crippen LogP contribution in [0.15, 0.2) is 40.0 Å².